The standard InChI is InChI=1S/C18H26O4/c19-13(7-6-12-4-2-1-3-5-12)8-9-14-15-10-18(21)22-17(15)11-16(14)20/h1-5,13-21H,6-11H2/t13-,14-,15-,16-,17+,18?/m1/s1. The van der Waals surface area contributed by atoms with Gasteiger partial charge in [-0.15, -0.1) is 0 Å². The normalized spacial score (nSPS) is 35.5. The molecule has 3 N–H and O–H groups in total. The summed E-state index contributed by atoms with van der Waals surface area (Å²) in [5.41, 5.74) is 1.25. The van der Waals surface area contributed by atoms with Gasteiger partial charge in [0.05, 0.1) is 18.3 Å². The monoisotopic (exact) mass is 306 g/mol. The average molecular weight is 306 g/mol. The Bertz CT molecular complexity index is 463. The number of hydrogen-bond donors (Lipinski definition) is 3. The molecule has 6 atom stereocenters. The molecule has 22 heavy (non-hydrogen) atoms. The molecule has 0 radical (unpaired) electrons. The second-order valence-corrected chi connectivity index (χ2v) is 6.75. The molecule has 1 heterocycles. The molecular formula is C18H26O4. The summed E-state index contributed by atoms with van der Waals surface area (Å²) in [5, 5.41) is 29.9. The first-order valence-electron chi connectivity index (χ1n) is 8.37. The van der Waals surface area contributed by atoms with E-state index in [0.29, 0.717) is 19.3 Å². The van der Waals surface area contributed by atoms with Gasteiger partial charge in [0.25, 0.3) is 0 Å². The topological polar surface area (TPSA) is 69.9 Å². The van der Waals surface area contributed by atoms with Crippen LogP contribution in [0.25, 0.3) is 0 Å². The van der Waals surface area contributed by atoms with Gasteiger partial charge in [0.2, 0.25) is 0 Å². The molecule has 4 heteroatoms. The van der Waals surface area contributed by atoms with E-state index in [1.54, 1.807) is 0 Å². The van der Waals surface area contributed by atoms with Crippen LogP contribution in [0.3, 0.4) is 0 Å². The summed E-state index contributed by atoms with van der Waals surface area (Å²) < 4.78 is 5.43. The Balaban J connectivity index is 1.43. The van der Waals surface area contributed by atoms with Gasteiger partial charge in [-0.25, -0.2) is 0 Å². The molecule has 3 rings (SSSR count). The van der Waals surface area contributed by atoms with Gasteiger partial charge in [0.1, 0.15) is 0 Å². The van der Waals surface area contributed by atoms with Gasteiger partial charge in [-0.2, -0.15) is 0 Å². The Morgan fingerprint density at radius 2 is 1.86 bits per heavy atom. The first-order chi connectivity index (χ1) is 10.6. The van der Waals surface area contributed by atoms with Crippen molar-refractivity contribution in [3.05, 3.63) is 35.9 Å². The van der Waals surface area contributed by atoms with E-state index in [4.69, 9.17) is 4.74 Å². The van der Waals surface area contributed by atoms with Crippen LogP contribution in [-0.4, -0.2) is 39.9 Å². The van der Waals surface area contributed by atoms with Crippen LogP contribution in [0.2, 0.25) is 0 Å². The fourth-order valence-corrected chi connectivity index (χ4v) is 4.04. The lowest BCUT2D eigenvalue weighted by molar-refractivity contribution is -0.0951. The highest BCUT2D eigenvalue weighted by Gasteiger charge is 2.48. The van der Waals surface area contributed by atoms with Crippen molar-refractivity contribution in [3.63, 3.8) is 0 Å². The summed E-state index contributed by atoms with van der Waals surface area (Å²) in [4.78, 5) is 0. The number of aliphatic hydroxyl groups excluding tert-OH is 3. The molecule has 1 aromatic carbocycles. The third kappa shape index (κ3) is 3.69. The Labute approximate surface area is 131 Å². The third-order valence-corrected chi connectivity index (χ3v) is 5.24. The zero-order valence-corrected chi connectivity index (χ0v) is 12.8. The minimum atomic E-state index is -0.673. The third-order valence-electron chi connectivity index (χ3n) is 5.24. The largest absolute Gasteiger partial charge is 0.393 e. The highest BCUT2D eigenvalue weighted by molar-refractivity contribution is 5.14. The summed E-state index contributed by atoms with van der Waals surface area (Å²) in [6.07, 6.45) is 3.00. The molecule has 4 nitrogen and oxygen atoms in total. The van der Waals surface area contributed by atoms with Crippen LogP contribution in [0.1, 0.15) is 37.7 Å². The molecule has 1 unspecified atom stereocenters. The van der Waals surface area contributed by atoms with E-state index in [1.807, 2.05) is 18.2 Å². The molecule has 2 aliphatic rings. The molecule has 2 fully saturated rings. The maximum Gasteiger partial charge on any atom is 0.155 e. The summed E-state index contributed by atoms with van der Waals surface area (Å²) in [6.45, 7) is 0. The van der Waals surface area contributed by atoms with E-state index in [0.717, 1.165) is 19.3 Å². The number of rotatable bonds is 6. The Hall–Kier alpha value is -0.940. The predicted molar refractivity (Wildman–Crippen MR) is 83.1 cm³/mol. The highest BCUT2D eigenvalue weighted by atomic mass is 16.6. The van der Waals surface area contributed by atoms with Crippen LogP contribution in [0.4, 0.5) is 0 Å². The molecule has 0 bridgehead atoms. The molecule has 1 aliphatic carbocycles. The van der Waals surface area contributed by atoms with Crippen molar-refractivity contribution >= 4 is 0 Å². The van der Waals surface area contributed by atoms with Gasteiger partial charge in [0.15, 0.2) is 6.29 Å². The molecule has 122 valence electrons. The van der Waals surface area contributed by atoms with Gasteiger partial charge >= 0.3 is 0 Å². The van der Waals surface area contributed by atoms with Gasteiger partial charge in [0, 0.05) is 12.8 Å². The highest BCUT2D eigenvalue weighted by Crippen LogP contribution is 2.44. The summed E-state index contributed by atoms with van der Waals surface area (Å²) in [6, 6.07) is 10.2. The molecule has 0 amide bonds. The molecule has 1 saturated carbocycles. The van der Waals surface area contributed by atoms with Gasteiger partial charge in [-0.3, -0.25) is 0 Å². The van der Waals surface area contributed by atoms with Gasteiger partial charge < -0.3 is 20.1 Å². The lowest BCUT2D eigenvalue weighted by Crippen LogP contribution is -2.22. The number of fused-ring (bicyclic) bond motifs is 1. The SMILES string of the molecule is OC1C[C@@H]2[C@@H](CC[C@H](O)CCc3ccccc3)[C@H](O)C[C@@H]2O1. The maximum absolute atomic E-state index is 10.2. The second-order valence-electron chi connectivity index (χ2n) is 6.75. The maximum atomic E-state index is 10.2. The molecule has 1 aromatic rings. The Kier molecular flexibility index (Phi) is 5.14. The Morgan fingerprint density at radius 3 is 2.64 bits per heavy atom. The van der Waals surface area contributed by atoms with Crippen LogP contribution < -0.4 is 0 Å². The lowest BCUT2D eigenvalue weighted by atomic mass is 9.86. The summed E-state index contributed by atoms with van der Waals surface area (Å²) in [7, 11) is 0. The average Bonchev–Trinajstić information content (AvgIpc) is 2.99. The molecule has 1 saturated heterocycles. The van der Waals surface area contributed by atoms with E-state index >= 15 is 0 Å². The number of benzene rings is 1. The second kappa shape index (κ2) is 7.09. The van der Waals surface area contributed by atoms with E-state index in [1.165, 1.54) is 5.56 Å². The van der Waals surface area contributed by atoms with Crippen molar-refractivity contribution in [1.29, 1.82) is 0 Å². The van der Waals surface area contributed by atoms with Crippen molar-refractivity contribution in [2.45, 2.75) is 63.1 Å². The first kappa shape index (κ1) is 15.9. The Morgan fingerprint density at radius 1 is 1.09 bits per heavy atom. The van der Waals surface area contributed by atoms with Crippen molar-refractivity contribution < 1.29 is 20.1 Å². The lowest BCUT2D eigenvalue weighted by Gasteiger charge is -2.21. The first-order valence-corrected chi connectivity index (χ1v) is 8.37. The predicted octanol–water partition coefficient (Wildman–Crippen LogP) is 1.86. The summed E-state index contributed by atoms with van der Waals surface area (Å²) >= 11 is 0. The van der Waals surface area contributed by atoms with Crippen LogP contribution in [0.5, 0.6) is 0 Å². The van der Waals surface area contributed by atoms with Crippen LogP contribution in [-0.2, 0) is 11.2 Å². The van der Waals surface area contributed by atoms with Crippen molar-refractivity contribution in [2.75, 3.05) is 0 Å². The van der Waals surface area contributed by atoms with Crippen LogP contribution in [0.15, 0.2) is 30.3 Å². The van der Waals surface area contributed by atoms with Crippen molar-refractivity contribution in [1.82, 2.24) is 0 Å². The number of hydrogen-bond acceptors (Lipinski definition) is 4. The van der Waals surface area contributed by atoms with E-state index < -0.39 is 6.29 Å². The van der Waals surface area contributed by atoms with E-state index in [9.17, 15) is 15.3 Å². The fraction of sp³-hybridized carbons (Fsp3) is 0.667. The minimum absolute atomic E-state index is 0.00328. The number of aliphatic hydroxyl groups is 3. The minimum Gasteiger partial charge on any atom is -0.393 e. The van der Waals surface area contributed by atoms with E-state index in [2.05, 4.69) is 12.1 Å². The van der Waals surface area contributed by atoms with Crippen molar-refractivity contribution in [3.8, 4) is 0 Å². The molecule has 0 aromatic heterocycles. The van der Waals surface area contributed by atoms with Crippen molar-refractivity contribution in [2.24, 2.45) is 11.8 Å². The molecule has 1 aliphatic heterocycles. The van der Waals surface area contributed by atoms with Gasteiger partial charge in [-0.1, -0.05) is 30.3 Å². The quantitative estimate of drug-likeness (QED) is 0.750. The fourth-order valence-electron chi connectivity index (χ4n) is 4.04. The van der Waals surface area contributed by atoms with Gasteiger partial charge in [-0.05, 0) is 43.1 Å². The van der Waals surface area contributed by atoms with Crippen LogP contribution in [0, 0.1) is 11.8 Å². The molecule has 0 spiro atoms. The zero-order valence-electron chi connectivity index (χ0n) is 12.8. The number of ether oxygens (including phenoxy) is 1. The van der Waals surface area contributed by atoms with Crippen LogP contribution >= 0.6 is 0 Å². The smallest absolute Gasteiger partial charge is 0.155 e. The zero-order chi connectivity index (χ0) is 15.5. The summed E-state index contributed by atoms with van der Waals surface area (Å²) in [5.74, 6) is 0.389. The number of aryl methyl sites for hydroxylation is 1. The van der Waals surface area contributed by atoms with E-state index in [-0.39, 0.29) is 30.1 Å². The molecular weight excluding hydrogens is 280 g/mol.